The molecule has 0 fully saturated rings. The summed E-state index contributed by atoms with van der Waals surface area (Å²) in [6.07, 6.45) is 1.70. The average molecular weight is 515 g/mol. The summed E-state index contributed by atoms with van der Waals surface area (Å²) in [6.45, 7) is 5.68. The van der Waals surface area contributed by atoms with Crippen LogP contribution in [0.3, 0.4) is 0 Å². The minimum absolute atomic E-state index is 0. The number of aryl methyl sites for hydroxylation is 2. The highest BCUT2D eigenvalue weighted by atomic mass is 127. The van der Waals surface area contributed by atoms with Crippen molar-refractivity contribution in [3.63, 3.8) is 0 Å². The molecule has 8 heteroatoms. The molecule has 1 aromatic carbocycles. The summed E-state index contributed by atoms with van der Waals surface area (Å²) in [5, 5.41) is 7.79. The minimum atomic E-state index is 0. The molecule has 2 aromatic rings. The molecule has 0 bridgehead atoms. The maximum atomic E-state index is 12.1. The largest absolute Gasteiger partial charge is 0.356 e. The first-order chi connectivity index (χ1) is 12.9. The van der Waals surface area contributed by atoms with Crippen molar-refractivity contribution in [3.05, 3.63) is 51.0 Å². The van der Waals surface area contributed by atoms with E-state index >= 15 is 0 Å². The molecule has 0 atom stereocenters. The highest BCUT2D eigenvalue weighted by Gasteiger charge is 2.08. The molecule has 1 amide bonds. The summed E-state index contributed by atoms with van der Waals surface area (Å²) < 4.78 is 0. The predicted octanol–water partition coefficient (Wildman–Crippen LogP) is 3.03. The molecule has 2 N–H and O–H groups in total. The van der Waals surface area contributed by atoms with Crippen molar-refractivity contribution < 1.29 is 4.79 Å². The van der Waals surface area contributed by atoms with Gasteiger partial charge in [0.1, 0.15) is 0 Å². The molecule has 2 rings (SSSR count). The number of guanidine groups is 1. The lowest BCUT2D eigenvalue weighted by atomic mass is 10.1. The van der Waals surface area contributed by atoms with Crippen LogP contribution in [0.25, 0.3) is 0 Å². The van der Waals surface area contributed by atoms with Gasteiger partial charge in [0.25, 0.3) is 5.91 Å². The molecule has 0 saturated heterocycles. The van der Waals surface area contributed by atoms with Gasteiger partial charge in [-0.3, -0.25) is 9.79 Å². The van der Waals surface area contributed by atoms with E-state index in [-0.39, 0.29) is 29.9 Å². The number of benzene rings is 1. The number of thiazole rings is 1. The van der Waals surface area contributed by atoms with Crippen LogP contribution >= 0.6 is 35.3 Å². The zero-order chi connectivity index (χ0) is 19.8. The Labute approximate surface area is 188 Å². The van der Waals surface area contributed by atoms with Crippen molar-refractivity contribution in [1.29, 1.82) is 0 Å². The maximum Gasteiger partial charge on any atom is 0.253 e. The van der Waals surface area contributed by atoms with Crippen molar-refractivity contribution in [2.75, 3.05) is 34.2 Å². The molecule has 0 aliphatic heterocycles. The lowest BCUT2D eigenvalue weighted by Crippen LogP contribution is -2.39. The summed E-state index contributed by atoms with van der Waals surface area (Å²) in [6, 6.07) is 7.77. The summed E-state index contributed by atoms with van der Waals surface area (Å²) in [5.41, 5.74) is 2.96. The van der Waals surface area contributed by atoms with E-state index in [1.165, 1.54) is 4.88 Å². The van der Waals surface area contributed by atoms with E-state index in [1.54, 1.807) is 37.4 Å². The van der Waals surface area contributed by atoms with Crippen LogP contribution in [-0.4, -0.2) is 56.0 Å². The Hall–Kier alpha value is -1.68. The monoisotopic (exact) mass is 515 g/mol. The van der Waals surface area contributed by atoms with Crippen LogP contribution < -0.4 is 10.6 Å². The van der Waals surface area contributed by atoms with Gasteiger partial charge in [-0.2, -0.15) is 0 Å². The van der Waals surface area contributed by atoms with E-state index < -0.39 is 0 Å². The zero-order valence-corrected chi connectivity index (χ0v) is 20.4. The Balaban J connectivity index is 0.00000392. The van der Waals surface area contributed by atoms with Gasteiger partial charge in [-0.25, -0.2) is 4.98 Å². The van der Waals surface area contributed by atoms with Crippen molar-refractivity contribution in [3.8, 4) is 0 Å². The number of carbonyl (C=O) groups is 1. The second-order valence-corrected chi connectivity index (χ2v) is 7.86. The summed E-state index contributed by atoms with van der Waals surface area (Å²) in [4.78, 5) is 23.7. The maximum absolute atomic E-state index is 12.1. The van der Waals surface area contributed by atoms with Crippen molar-refractivity contribution >= 4 is 47.2 Å². The van der Waals surface area contributed by atoms with E-state index in [4.69, 9.17) is 0 Å². The molecule has 1 heterocycles. The van der Waals surface area contributed by atoms with E-state index in [1.807, 2.05) is 31.2 Å². The number of carbonyl (C=O) groups excluding carboxylic acids is 1. The lowest BCUT2D eigenvalue weighted by Gasteiger charge is -2.13. The van der Waals surface area contributed by atoms with Crippen LogP contribution in [0.2, 0.25) is 0 Å². The van der Waals surface area contributed by atoms with Crippen molar-refractivity contribution in [2.24, 2.45) is 4.99 Å². The molecule has 1 aromatic heterocycles. The molecule has 0 spiro atoms. The van der Waals surface area contributed by atoms with Gasteiger partial charge in [0.15, 0.2) is 5.96 Å². The predicted molar refractivity (Wildman–Crippen MR) is 128 cm³/mol. The third-order valence-corrected chi connectivity index (χ3v) is 5.35. The zero-order valence-electron chi connectivity index (χ0n) is 17.2. The van der Waals surface area contributed by atoms with Crippen LogP contribution in [-0.2, 0) is 12.8 Å². The Kier molecular flexibility index (Phi) is 10.4. The Bertz CT molecular complexity index is 784. The van der Waals surface area contributed by atoms with Gasteiger partial charge in [0.05, 0.1) is 10.7 Å². The topological polar surface area (TPSA) is 69.6 Å². The quantitative estimate of drug-likeness (QED) is 0.338. The number of nitrogens with one attached hydrogen (secondary N) is 2. The van der Waals surface area contributed by atoms with E-state index in [2.05, 4.69) is 27.5 Å². The van der Waals surface area contributed by atoms with Gasteiger partial charge >= 0.3 is 0 Å². The van der Waals surface area contributed by atoms with Gasteiger partial charge in [0, 0.05) is 51.1 Å². The number of aliphatic imine (C=N–C) groups is 1. The molecule has 0 saturated carbocycles. The highest BCUT2D eigenvalue weighted by molar-refractivity contribution is 14.0. The summed E-state index contributed by atoms with van der Waals surface area (Å²) >= 11 is 1.75. The van der Waals surface area contributed by atoms with Gasteiger partial charge in [-0.1, -0.05) is 12.1 Å². The van der Waals surface area contributed by atoms with Crippen LogP contribution in [0.1, 0.15) is 31.5 Å². The Morgan fingerprint density at radius 1 is 1.18 bits per heavy atom. The van der Waals surface area contributed by atoms with E-state index in [0.29, 0.717) is 5.56 Å². The fourth-order valence-corrected chi connectivity index (χ4v) is 3.53. The normalized spacial score (nSPS) is 11.0. The second kappa shape index (κ2) is 12.0. The molecule has 154 valence electrons. The highest BCUT2D eigenvalue weighted by Crippen LogP contribution is 2.16. The number of rotatable bonds is 7. The van der Waals surface area contributed by atoms with Crippen LogP contribution in [0.15, 0.2) is 29.3 Å². The number of amides is 1. The van der Waals surface area contributed by atoms with Gasteiger partial charge < -0.3 is 15.5 Å². The Morgan fingerprint density at radius 3 is 2.43 bits per heavy atom. The van der Waals surface area contributed by atoms with Crippen molar-refractivity contribution in [2.45, 2.75) is 26.7 Å². The molecule has 0 aliphatic carbocycles. The Morgan fingerprint density at radius 2 is 1.86 bits per heavy atom. The third kappa shape index (κ3) is 7.38. The fraction of sp³-hybridized carbons (Fsp3) is 0.450. The molecular formula is C20H30IN5OS. The van der Waals surface area contributed by atoms with Gasteiger partial charge in [0.2, 0.25) is 0 Å². The molecular weight excluding hydrogens is 485 g/mol. The minimum Gasteiger partial charge on any atom is -0.356 e. The SMILES string of the molecule is CN=C(NCCc1cccc(C(=O)N(C)C)c1)NCCc1nc(C)c(C)s1.I. The lowest BCUT2D eigenvalue weighted by molar-refractivity contribution is 0.0827. The molecule has 28 heavy (non-hydrogen) atoms. The van der Waals surface area contributed by atoms with Gasteiger partial charge in [-0.15, -0.1) is 35.3 Å². The number of halogens is 1. The first-order valence-electron chi connectivity index (χ1n) is 9.08. The van der Waals surface area contributed by atoms with Crippen LogP contribution in [0.5, 0.6) is 0 Å². The van der Waals surface area contributed by atoms with Gasteiger partial charge in [-0.05, 0) is 38.0 Å². The molecule has 0 unspecified atom stereocenters. The summed E-state index contributed by atoms with van der Waals surface area (Å²) in [5.74, 6) is 0.801. The standard InChI is InChI=1S/C20H29N5OS.HI/c1-14-15(2)27-18(24-14)10-12-23-20(21-3)22-11-9-16-7-6-8-17(13-16)19(26)25(4)5;/h6-8,13H,9-12H2,1-5H3,(H2,21,22,23);1H. The first-order valence-corrected chi connectivity index (χ1v) is 9.90. The number of aromatic nitrogens is 1. The third-order valence-electron chi connectivity index (χ3n) is 4.21. The van der Waals surface area contributed by atoms with E-state index in [9.17, 15) is 4.79 Å². The molecule has 0 aliphatic rings. The smallest absolute Gasteiger partial charge is 0.253 e. The first kappa shape index (κ1) is 24.4. The van der Waals surface area contributed by atoms with Crippen molar-refractivity contribution in [1.82, 2.24) is 20.5 Å². The van der Waals surface area contributed by atoms with E-state index in [0.717, 1.165) is 48.2 Å². The number of nitrogens with zero attached hydrogens (tertiary/aromatic N) is 3. The average Bonchev–Trinajstić information content (AvgIpc) is 2.97. The molecule has 6 nitrogen and oxygen atoms in total. The molecule has 0 radical (unpaired) electrons. The number of hydrogen-bond acceptors (Lipinski definition) is 4. The number of hydrogen-bond donors (Lipinski definition) is 2. The fourth-order valence-electron chi connectivity index (χ4n) is 2.60. The van der Waals surface area contributed by atoms with Crippen LogP contribution in [0, 0.1) is 13.8 Å². The summed E-state index contributed by atoms with van der Waals surface area (Å²) in [7, 11) is 5.30. The second-order valence-electron chi connectivity index (χ2n) is 6.57. The van der Waals surface area contributed by atoms with Crippen LogP contribution in [0.4, 0.5) is 0 Å².